The van der Waals surface area contributed by atoms with Gasteiger partial charge in [0.15, 0.2) is 0 Å². The van der Waals surface area contributed by atoms with Crippen LogP contribution in [0.1, 0.15) is 37.3 Å². The average Bonchev–Trinajstić information content (AvgIpc) is 2.69. The van der Waals surface area contributed by atoms with Crippen molar-refractivity contribution in [2.24, 2.45) is 11.7 Å². The molecule has 1 unspecified atom stereocenters. The monoisotopic (exact) mass is 243 g/mol. The van der Waals surface area contributed by atoms with E-state index >= 15 is 0 Å². The minimum atomic E-state index is -0.00583. The number of hydrogen-bond donors (Lipinski definition) is 1. The number of halogens is 2. The second-order valence-electron chi connectivity index (χ2n) is 4.21. The first-order chi connectivity index (χ1) is 7.20. The van der Waals surface area contributed by atoms with Gasteiger partial charge in [-0.25, -0.2) is 0 Å². The highest BCUT2D eigenvalue weighted by Gasteiger charge is 2.26. The summed E-state index contributed by atoms with van der Waals surface area (Å²) in [6.07, 6.45) is 4.95. The van der Waals surface area contributed by atoms with Crippen molar-refractivity contribution in [2.45, 2.75) is 31.7 Å². The molecule has 1 fully saturated rings. The molecule has 1 nitrogen and oxygen atoms in total. The van der Waals surface area contributed by atoms with Crippen molar-refractivity contribution >= 4 is 23.2 Å². The first-order valence-electron chi connectivity index (χ1n) is 5.39. The zero-order valence-corrected chi connectivity index (χ0v) is 10.1. The molecule has 0 radical (unpaired) electrons. The summed E-state index contributed by atoms with van der Waals surface area (Å²) in [6.45, 7) is 0. The normalized spacial score (nSPS) is 19.4. The Balaban J connectivity index is 2.27. The molecule has 0 heterocycles. The molecule has 0 amide bonds. The van der Waals surface area contributed by atoms with Crippen LogP contribution in [-0.4, -0.2) is 0 Å². The van der Waals surface area contributed by atoms with E-state index in [0.29, 0.717) is 16.0 Å². The van der Waals surface area contributed by atoms with Gasteiger partial charge in [-0.3, -0.25) is 0 Å². The molecule has 2 rings (SSSR count). The Hall–Kier alpha value is -0.240. The lowest BCUT2D eigenvalue weighted by Gasteiger charge is -2.21. The fraction of sp³-hybridized carbons (Fsp3) is 0.500. The van der Waals surface area contributed by atoms with E-state index in [0.717, 1.165) is 5.56 Å². The summed E-state index contributed by atoms with van der Waals surface area (Å²) in [5.74, 6) is 0.544. The van der Waals surface area contributed by atoms with Gasteiger partial charge in [0, 0.05) is 21.7 Å². The van der Waals surface area contributed by atoms with Crippen molar-refractivity contribution in [2.75, 3.05) is 0 Å². The third-order valence-corrected chi connectivity index (χ3v) is 3.90. The molecule has 1 aromatic carbocycles. The molecule has 1 saturated carbocycles. The zero-order valence-electron chi connectivity index (χ0n) is 8.55. The summed E-state index contributed by atoms with van der Waals surface area (Å²) < 4.78 is 0. The molecule has 1 aliphatic rings. The number of hydrogen-bond acceptors (Lipinski definition) is 1. The van der Waals surface area contributed by atoms with E-state index in [2.05, 4.69) is 0 Å². The highest BCUT2D eigenvalue weighted by Crippen LogP contribution is 2.39. The molecule has 0 aliphatic heterocycles. The summed E-state index contributed by atoms with van der Waals surface area (Å²) in [4.78, 5) is 0. The molecule has 0 aromatic heterocycles. The Morgan fingerprint density at radius 3 is 2.20 bits per heavy atom. The first-order valence-corrected chi connectivity index (χ1v) is 6.15. The average molecular weight is 244 g/mol. The van der Waals surface area contributed by atoms with Crippen molar-refractivity contribution in [3.8, 4) is 0 Å². The van der Waals surface area contributed by atoms with Crippen molar-refractivity contribution in [3.05, 3.63) is 33.8 Å². The Labute approximate surface area is 101 Å². The van der Waals surface area contributed by atoms with Crippen molar-refractivity contribution < 1.29 is 0 Å². The molecule has 0 spiro atoms. The lowest BCUT2D eigenvalue weighted by Crippen LogP contribution is -2.19. The quantitative estimate of drug-likeness (QED) is 0.829. The standard InChI is InChI=1S/C12H15Cl2N/c13-9-6-3-7-10(14)11(9)12(15)8-4-1-2-5-8/h3,6-8,12H,1-2,4-5,15H2. The van der Waals surface area contributed by atoms with E-state index in [1.165, 1.54) is 25.7 Å². The molecular weight excluding hydrogens is 229 g/mol. The zero-order chi connectivity index (χ0) is 10.8. The maximum atomic E-state index is 6.23. The smallest absolute Gasteiger partial charge is 0.0468 e. The summed E-state index contributed by atoms with van der Waals surface area (Å²) in [7, 11) is 0. The Bertz CT molecular complexity index is 325. The topological polar surface area (TPSA) is 26.0 Å². The SMILES string of the molecule is NC(c1c(Cl)cccc1Cl)C1CCCC1. The van der Waals surface area contributed by atoms with Crippen LogP contribution in [0, 0.1) is 5.92 Å². The van der Waals surface area contributed by atoms with Gasteiger partial charge < -0.3 is 5.73 Å². The van der Waals surface area contributed by atoms with Crippen LogP contribution in [0.3, 0.4) is 0 Å². The van der Waals surface area contributed by atoms with Crippen molar-refractivity contribution in [3.63, 3.8) is 0 Å². The first kappa shape index (κ1) is 11.3. The van der Waals surface area contributed by atoms with Gasteiger partial charge in [0.25, 0.3) is 0 Å². The Morgan fingerprint density at radius 1 is 1.13 bits per heavy atom. The molecule has 82 valence electrons. The lowest BCUT2D eigenvalue weighted by atomic mass is 9.92. The number of benzene rings is 1. The summed E-state index contributed by atoms with van der Waals surface area (Å²) in [6, 6.07) is 5.57. The Morgan fingerprint density at radius 2 is 1.67 bits per heavy atom. The van der Waals surface area contributed by atoms with Crippen LogP contribution >= 0.6 is 23.2 Å². The number of rotatable bonds is 2. The van der Waals surface area contributed by atoms with E-state index in [1.54, 1.807) is 0 Å². The van der Waals surface area contributed by atoms with Crippen LogP contribution in [0.4, 0.5) is 0 Å². The summed E-state index contributed by atoms with van der Waals surface area (Å²) >= 11 is 12.3. The van der Waals surface area contributed by atoms with Crippen LogP contribution in [-0.2, 0) is 0 Å². The minimum Gasteiger partial charge on any atom is -0.324 e. The highest BCUT2D eigenvalue weighted by atomic mass is 35.5. The van der Waals surface area contributed by atoms with Gasteiger partial charge in [0.1, 0.15) is 0 Å². The lowest BCUT2D eigenvalue weighted by molar-refractivity contribution is 0.445. The van der Waals surface area contributed by atoms with Gasteiger partial charge in [-0.1, -0.05) is 42.1 Å². The maximum Gasteiger partial charge on any atom is 0.0468 e. The van der Waals surface area contributed by atoms with Crippen LogP contribution in [0.25, 0.3) is 0 Å². The van der Waals surface area contributed by atoms with Gasteiger partial charge in [-0.2, -0.15) is 0 Å². The molecule has 1 atom stereocenters. The van der Waals surface area contributed by atoms with Crippen LogP contribution in [0.5, 0.6) is 0 Å². The predicted molar refractivity (Wildman–Crippen MR) is 65.3 cm³/mol. The summed E-state index contributed by atoms with van der Waals surface area (Å²) in [5.41, 5.74) is 7.16. The van der Waals surface area contributed by atoms with E-state index in [-0.39, 0.29) is 6.04 Å². The van der Waals surface area contributed by atoms with Gasteiger partial charge in [-0.05, 0) is 30.9 Å². The molecule has 15 heavy (non-hydrogen) atoms. The molecular formula is C12H15Cl2N. The van der Waals surface area contributed by atoms with Crippen LogP contribution in [0.15, 0.2) is 18.2 Å². The molecule has 2 N–H and O–H groups in total. The van der Waals surface area contributed by atoms with Crippen LogP contribution in [0.2, 0.25) is 10.0 Å². The maximum absolute atomic E-state index is 6.23. The van der Waals surface area contributed by atoms with Gasteiger partial charge in [0.2, 0.25) is 0 Å². The fourth-order valence-electron chi connectivity index (χ4n) is 2.38. The van der Waals surface area contributed by atoms with Crippen molar-refractivity contribution in [1.29, 1.82) is 0 Å². The van der Waals surface area contributed by atoms with Crippen molar-refractivity contribution in [1.82, 2.24) is 0 Å². The summed E-state index contributed by atoms with van der Waals surface area (Å²) in [5, 5.41) is 1.39. The van der Waals surface area contributed by atoms with Gasteiger partial charge >= 0.3 is 0 Å². The second-order valence-corrected chi connectivity index (χ2v) is 5.02. The third-order valence-electron chi connectivity index (χ3n) is 3.24. The largest absolute Gasteiger partial charge is 0.324 e. The minimum absolute atomic E-state index is 0.00583. The third kappa shape index (κ3) is 2.30. The van der Waals surface area contributed by atoms with Gasteiger partial charge in [0.05, 0.1) is 0 Å². The Kier molecular flexibility index (Phi) is 3.55. The molecule has 0 saturated heterocycles. The molecule has 1 aliphatic carbocycles. The second kappa shape index (κ2) is 4.73. The van der Waals surface area contributed by atoms with E-state index in [1.807, 2.05) is 18.2 Å². The molecule has 0 bridgehead atoms. The van der Waals surface area contributed by atoms with E-state index in [9.17, 15) is 0 Å². The highest BCUT2D eigenvalue weighted by molar-refractivity contribution is 6.36. The fourth-order valence-corrected chi connectivity index (χ4v) is 3.03. The molecule has 3 heteroatoms. The van der Waals surface area contributed by atoms with Crippen LogP contribution < -0.4 is 5.73 Å². The van der Waals surface area contributed by atoms with Gasteiger partial charge in [-0.15, -0.1) is 0 Å². The number of nitrogens with two attached hydrogens (primary N) is 1. The van der Waals surface area contributed by atoms with E-state index in [4.69, 9.17) is 28.9 Å². The van der Waals surface area contributed by atoms with E-state index < -0.39 is 0 Å². The predicted octanol–water partition coefficient (Wildman–Crippen LogP) is 4.18. The molecule has 1 aromatic rings.